The molecule has 0 bridgehead atoms. The zero-order chi connectivity index (χ0) is 13.9. The summed E-state index contributed by atoms with van der Waals surface area (Å²) < 4.78 is 6.66. The Hall–Kier alpha value is -1.42. The van der Waals surface area contributed by atoms with E-state index in [9.17, 15) is 0 Å². The molecule has 1 aromatic carbocycles. The largest absolute Gasteiger partial charge is 0.493 e. The number of halogens is 1. The van der Waals surface area contributed by atoms with Crippen LogP contribution in [0.2, 0.25) is 0 Å². The van der Waals surface area contributed by atoms with Gasteiger partial charge in [0.2, 0.25) is 0 Å². The summed E-state index contributed by atoms with van der Waals surface area (Å²) >= 11 is 3.49. The molecule has 0 atom stereocenters. The van der Waals surface area contributed by atoms with Crippen molar-refractivity contribution in [2.24, 2.45) is 0 Å². The summed E-state index contributed by atoms with van der Waals surface area (Å²) in [6.45, 7) is 2.83. The summed E-state index contributed by atoms with van der Waals surface area (Å²) in [4.78, 5) is 9.19. The number of benzene rings is 1. The molecule has 2 aromatic rings. The van der Waals surface area contributed by atoms with Gasteiger partial charge < -0.3 is 4.74 Å². The van der Waals surface area contributed by atoms with Crippen LogP contribution in [0.3, 0.4) is 0 Å². The maximum atomic E-state index is 5.82. The van der Waals surface area contributed by atoms with Crippen molar-refractivity contribution in [3.8, 4) is 17.0 Å². The number of aromatic nitrogens is 2. The van der Waals surface area contributed by atoms with E-state index in [1.807, 2.05) is 24.3 Å². The average Bonchev–Trinajstić information content (AvgIpc) is 3.29. The fraction of sp³-hybridized carbons (Fsp3) is 0.375. The highest BCUT2D eigenvalue weighted by Gasteiger charge is 2.27. The summed E-state index contributed by atoms with van der Waals surface area (Å²) in [5.74, 6) is 2.37. The van der Waals surface area contributed by atoms with Crippen LogP contribution in [0.15, 0.2) is 34.9 Å². The quantitative estimate of drug-likeness (QED) is 0.752. The van der Waals surface area contributed by atoms with Crippen LogP contribution in [0.5, 0.6) is 5.75 Å². The van der Waals surface area contributed by atoms with E-state index in [2.05, 4.69) is 33.9 Å². The van der Waals surface area contributed by atoms with Crippen LogP contribution in [0.4, 0.5) is 0 Å². The highest BCUT2D eigenvalue weighted by atomic mass is 79.9. The molecule has 0 unspecified atom stereocenters. The first-order valence-electron chi connectivity index (χ1n) is 7.04. The first-order valence-corrected chi connectivity index (χ1v) is 7.84. The Kier molecular flexibility index (Phi) is 4.01. The van der Waals surface area contributed by atoms with E-state index in [1.165, 1.54) is 12.8 Å². The van der Waals surface area contributed by atoms with Gasteiger partial charge in [0.15, 0.2) is 0 Å². The molecule has 1 heterocycles. The van der Waals surface area contributed by atoms with Gasteiger partial charge in [-0.3, -0.25) is 0 Å². The molecular formula is C16H17BrN2O. The maximum absolute atomic E-state index is 5.82. The van der Waals surface area contributed by atoms with Gasteiger partial charge in [-0.2, -0.15) is 0 Å². The Morgan fingerprint density at radius 3 is 2.80 bits per heavy atom. The SMILES string of the molecule is CCCOc1ccccc1-c1cc(Br)nc(C2CC2)n1. The van der Waals surface area contributed by atoms with E-state index in [4.69, 9.17) is 9.72 Å². The standard InChI is InChI=1S/C16H17BrN2O/c1-2-9-20-14-6-4-3-5-12(14)13-10-15(17)19-16(18-13)11-7-8-11/h3-6,10-11H,2,7-9H2,1H3. The Bertz CT molecular complexity index is 611. The molecule has 1 fully saturated rings. The van der Waals surface area contributed by atoms with Gasteiger partial charge in [0.25, 0.3) is 0 Å². The van der Waals surface area contributed by atoms with Gasteiger partial charge in [0, 0.05) is 11.5 Å². The van der Waals surface area contributed by atoms with Crippen molar-refractivity contribution >= 4 is 15.9 Å². The average molecular weight is 333 g/mol. The topological polar surface area (TPSA) is 35.0 Å². The third kappa shape index (κ3) is 3.01. The van der Waals surface area contributed by atoms with Crippen LogP contribution in [0, 0.1) is 0 Å². The molecule has 0 aliphatic heterocycles. The van der Waals surface area contributed by atoms with Gasteiger partial charge in [0.05, 0.1) is 12.3 Å². The van der Waals surface area contributed by atoms with Crippen molar-refractivity contribution < 1.29 is 4.74 Å². The van der Waals surface area contributed by atoms with Crippen LogP contribution >= 0.6 is 15.9 Å². The van der Waals surface area contributed by atoms with Crippen LogP contribution in [0.1, 0.15) is 37.9 Å². The van der Waals surface area contributed by atoms with Crippen LogP contribution < -0.4 is 4.74 Å². The minimum absolute atomic E-state index is 0.537. The number of nitrogens with zero attached hydrogens (tertiary/aromatic N) is 2. The predicted molar refractivity (Wildman–Crippen MR) is 82.9 cm³/mol. The Morgan fingerprint density at radius 1 is 1.25 bits per heavy atom. The van der Waals surface area contributed by atoms with Crippen LogP contribution in [0.25, 0.3) is 11.3 Å². The first kappa shape index (κ1) is 13.6. The predicted octanol–water partition coefficient (Wildman–Crippen LogP) is 4.57. The van der Waals surface area contributed by atoms with E-state index in [0.29, 0.717) is 5.92 Å². The molecular weight excluding hydrogens is 316 g/mol. The highest BCUT2D eigenvalue weighted by molar-refractivity contribution is 9.10. The number of hydrogen-bond acceptors (Lipinski definition) is 3. The lowest BCUT2D eigenvalue weighted by Gasteiger charge is -2.11. The number of hydrogen-bond donors (Lipinski definition) is 0. The minimum Gasteiger partial charge on any atom is -0.493 e. The summed E-state index contributed by atoms with van der Waals surface area (Å²) in [6.07, 6.45) is 3.39. The molecule has 20 heavy (non-hydrogen) atoms. The van der Waals surface area contributed by atoms with Crippen molar-refractivity contribution in [1.29, 1.82) is 0 Å². The van der Waals surface area contributed by atoms with E-state index >= 15 is 0 Å². The number of ether oxygens (including phenoxy) is 1. The van der Waals surface area contributed by atoms with Gasteiger partial charge in [0.1, 0.15) is 16.2 Å². The number of rotatable bonds is 5. The molecule has 104 valence electrons. The number of para-hydroxylation sites is 1. The van der Waals surface area contributed by atoms with E-state index in [0.717, 1.165) is 40.5 Å². The minimum atomic E-state index is 0.537. The zero-order valence-electron chi connectivity index (χ0n) is 11.5. The van der Waals surface area contributed by atoms with E-state index < -0.39 is 0 Å². The molecule has 0 radical (unpaired) electrons. The van der Waals surface area contributed by atoms with Crippen molar-refractivity contribution in [3.05, 3.63) is 40.8 Å². The molecule has 0 spiro atoms. The molecule has 1 saturated carbocycles. The summed E-state index contributed by atoms with van der Waals surface area (Å²) in [6, 6.07) is 10.0. The lowest BCUT2D eigenvalue weighted by molar-refractivity contribution is 0.318. The Morgan fingerprint density at radius 2 is 2.05 bits per heavy atom. The third-order valence-electron chi connectivity index (χ3n) is 3.28. The van der Waals surface area contributed by atoms with E-state index in [-0.39, 0.29) is 0 Å². The second-order valence-electron chi connectivity index (χ2n) is 5.05. The second-order valence-corrected chi connectivity index (χ2v) is 5.87. The summed E-state index contributed by atoms with van der Waals surface area (Å²) in [5, 5.41) is 0. The Balaban J connectivity index is 1.99. The normalized spacial score (nSPS) is 14.3. The fourth-order valence-electron chi connectivity index (χ4n) is 2.11. The van der Waals surface area contributed by atoms with Crippen molar-refractivity contribution in [3.63, 3.8) is 0 Å². The summed E-state index contributed by atoms with van der Waals surface area (Å²) in [5.41, 5.74) is 1.96. The van der Waals surface area contributed by atoms with Gasteiger partial charge >= 0.3 is 0 Å². The molecule has 0 N–H and O–H groups in total. The second kappa shape index (κ2) is 5.92. The molecule has 1 aliphatic carbocycles. The van der Waals surface area contributed by atoms with Crippen molar-refractivity contribution in [2.45, 2.75) is 32.1 Å². The molecule has 0 amide bonds. The lowest BCUT2D eigenvalue weighted by atomic mass is 10.1. The molecule has 3 rings (SSSR count). The van der Waals surface area contributed by atoms with Crippen molar-refractivity contribution in [1.82, 2.24) is 9.97 Å². The monoisotopic (exact) mass is 332 g/mol. The molecule has 0 saturated heterocycles. The van der Waals surface area contributed by atoms with Gasteiger partial charge in [-0.05, 0) is 53.4 Å². The molecule has 3 nitrogen and oxygen atoms in total. The van der Waals surface area contributed by atoms with Gasteiger partial charge in [-0.1, -0.05) is 19.1 Å². The smallest absolute Gasteiger partial charge is 0.133 e. The fourth-order valence-corrected chi connectivity index (χ4v) is 2.51. The van der Waals surface area contributed by atoms with Gasteiger partial charge in [-0.15, -0.1) is 0 Å². The third-order valence-corrected chi connectivity index (χ3v) is 3.69. The van der Waals surface area contributed by atoms with Crippen LogP contribution in [-0.2, 0) is 0 Å². The van der Waals surface area contributed by atoms with Crippen LogP contribution in [-0.4, -0.2) is 16.6 Å². The van der Waals surface area contributed by atoms with Gasteiger partial charge in [-0.25, -0.2) is 9.97 Å². The van der Waals surface area contributed by atoms with Crippen molar-refractivity contribution in [2.75, 3.05) is 6.61 Å². The first-order chi connectivity index (χ1) is 9.78. The highest BCUT2D eigenvalue weighted by Crippen LogP contribution is 2.40. The Labute approximate surface area is 127 Å². The molecule has 4 heteroatoms. The summed E-state index contributed by atoms with van der Waals surface area (Å²) in [7, 11) is 0. The van der Waals surface area contributed by atoms with E-state index in [1.54, 1.807) is 0 Å². The maximum Gasteiger partial charge on any atom is 0.133 e. The molecule has 1 aromatic heterocycles. The lowest BCUT2D eigenvalue weighted by Crippen LogP contribution is -2.00. The zero-order valence-corrected chi connectivity index (χ0v) is 13.1. The molecule has 1 aliphatic rings.